The number of aromatic hydroxyl groups is 1. The summed E-state index contributed by atoms with van der Waals surface area (Å²) in [7, 11) is 1.62. The summed E-state index contributed by atoms with van der Waals surface area (Å²) in [6, 6.07) is 11.6. The van der Waals surface area contributed by atoms with Crippen LogP contribution in [-0.2, 0) is 0 Å². The van der Waals surface area contributed by atoms with Gasteiger partial charge in [0.05, 0.1) is 27.1 Å². The van der Waals surface area contributed by atoms with E-state index in [1.807, 2.05) is 35.8 Å². The van der Waals surface area contributed by atoms with E-state index in [1.165, 1.54) is 0 Å². The number of nitrogens with zero attached hydrogens (tertiary/aromatic N) is 2. The normalized spacial score (nSPS) is 10.7. The molecule has 3 aromatic rings. The molecule has 0 saturated carbocycles. The third-order valence-electron chi connectivity index (χ3n) is 3.80. The number of rotatable bonds is 2. The fourth-order valence-corrected chi connectivity index (χ4v) is 3.98. The Morgan fingerprint density at radius 1 is 1.22 bits per heavy atom. The molecule has 0 radical (unpaired) electrons. The van der Waals surface area contributed by atoms with Crippen molar-refractivity contribution in [2.45, 2.75) is 6.92 Å². The minimum atomic E-state index is 0.106. The number of phenolic OH excluding ortho intramolecular Hbond substituents is 1. The van der Waals surface area contributed by atoms with Crippen molar-refractivity contribution >= 4 is 42.8 Å². The van der Waals surface area contributed by atoms with Crippen LogP contribution in [-0.4, -0.2) is 16.8 Å². The third kappa shape index (κ3) is 2.41. The Morgan fingerprint density at radius 3 is 2.43 bits per heavy atom. The van der Waals surface area contributed by atoms with Crippen molar-refractivity contribution in [3.63, 3.8) is 0 Å². The van der Waals surface area contributed by atoms with Crippen molar-refractivity contribution in [1.82, 2.24) is 4.57 Å². The summed E-state index contributed by atoms with van der Waals surface area (Å²) in [6.45, 7) is 1.89. The molecule has 0 aliphatic heterocycles. The summed E-state index contributed by atoms with van der Waals surface area (Å²) in [5.74, 6) is 0.863. The molecule has 0 bridgehead atoms. The highest BCUT2D eigenvalue weighted by Crippen LogP contribution is 2.42. The molecule has 116 valence electrons. The molecular weight excluding hydrogens is 424 g/mol. The number of hydrogen-bond acceptors (Lipinski definition) is 3. The van der Waals surface area contributed by atoms with Gasteiger partial charge < -0.3 is 14.4 Å². The van der Waals surface area contributed by atoms with Crippen molar-refractivity contribution in [1.29, 1.82) is 5.26 Å². The lowest BCUT2D eigenvalue weighted by atomic mass is 10.1. The summed E-state index contributed by atoms with van der Waals surface area (Å²) >= 11 is 6.77. The molecule has 23 heavy (non-hydrogen) atoms. The zero-order valence-electron chi connectivity index (χ0n) is 12.4. The molecule has 0 atom stereocenters. The van der Waals surface area contributed by atoms with Gasteiger partial charge in [0, 0.05) is 16.8 Å². The second kappa shape index (κ2) is 5.91. The van der Waals surface area contributed by atoms with Crippen molar-refractivity contribution in [2.75, 3.05) is 7.11 Å². The summed E-state index contributed by atoms with van der Waals surface area (Å²) in [5, 5.41) is 20.5. The fourth-order valence-electron chi connectivity index (χ4n) is 2.68. The van der Waals surface area contributed by atoms with E-state index in [4.69, 9.17) is 4.74 Å². The zero-order chi connectivity index (χ0) is 16.7. The van der Waals surface area contributed by atoms with Crippen LogP contribution >= 0.6 is 31.9 Å². The molecule has 1 aromatic heterocycles. The van der Waals surface area contributed by atoms with Crippen LogP contribution in [0.3, 0.4) is 0 Å². The van der Waals surface area contributed by atoms with E-state index in [9.17, 15) is 10.4 Å². The molecule has 0 aliphatic rings. The van der Waals surface area contributed by atoms with Crippen molar-refractivity contribution < 1.29 is 9.84 Å². The molecule has 6 heteroatoms. The topological polar surface area (TPSA) is 58.2 Å². The second-order valence-corrected chi connectivity index (χ2v) is 6.67. The molecule has 0 amide bonds. The fraction of sp³-hybridized carbons (Fsp3) is 0.118. The van der Waals surface area contributed by atoms with Crippen LogP contribution in [0.2, 0.25) is 0 Å². The van der Waals surface area contributed by atoms with Gasteiger partial charge in [0.15, 0.2) is 0 Å². The number of aromatic nitrogens is 1. The number of benzene rings is 2. The number of ether oxygens (including phenoxy) is 1. The molecule has 0 unspecified atom stereocenters. The molecule has 4 nitrogen and oxygen atoms in total. The van der Waals surface area contributed by atoms with Gasteiger partial charge >= 0.3 is 0 Å². The van der Waals surface area contributed by atoms with Gasteiger partial charge in [-0.15, -0.1) is 0 Å². The Labute approximate surface area is 150 Å². The van der Waals surface area contributed by atoms with Crippen molar-refractivity contribution in [3.05, 3.63) is 50.5 Å². The molecule has 1 N–H and O–H groups in total. The maximum Gasteiger partial charge on any atom is 0.146 e. The maximum atomic E-state index is 10.2. The van der Waals surface area contributed by atoms with Gasteiger partial charge in [-0.2, -0.15) is 5.26 Å². The molecule has 2 aromatic carbocycles. The molecule has 3 rings (SSSR count). The summed E-state index contributed by atoms with van der Waals surface area (Å²) in [4.78, 5) is 0. The first-order valence-electron chi connectivity index (χ1n) is 6.76. The molecular formula is C17H12Br2N2O2. The molecule has 0 spiro atoms. The van der Waals surface area contributed by atoms with Gasteiger partial charge in [-0.1, -0.05) is 0 Å². The summed E-state index contributed by atoms with van der Waals surface area (Å²) < 4.78 is 8.22. The Morgan fingerprint density at radius 2 is 1.87 bits per heavy atom. The van der Waals surface area contributed by atoms with Crippen LogP contribution < -0.4 is 4.74 Å². The smallest absolute Gasteiger partial charge is 0.146 e. The minimum absolute atomic E-state index is 0.106. The van der Waals surface area contributed by atoms with Crippen molar-refractivity contribution in [2.24, 2.45) is 0 Å². The number of nitriles is 1. The Balaban J connectivity index is 2.42. The molecule has 1 heterocycles. The highest BCUT2D eigenvalue weighted by atomic mass is 79.9. The van der Waals surface area contributed by atoms with Crippen LogP contribution in [0.4, 0.5) is 0 Å². The Kier molecular flexibility index (Phi) is 4.09. The minimum Gasteiger partial charge on any atom is -0.505 e. The average molecular weight is 436 g/mol. The Hall–Kier alpha value is -1.97. The van der Waals surface area contributed by atoms with Crippen LogP contribution in [0.15, 0.2) is 39.3 Å². The predicted molar refractivity (Wildman–Crippen MR) is 96.3 cm³/mol. The first-order valence-corrected chi connectivity index (χ1v) is 8.34. The third-order valence-corrected chi connectivity index (χ3v) is 5.16. The highest BCUT2D eigenvalue weighted by Gasteiger charge is 2.21. The molecule has 0 aliphatic carbocycles. The second-order valence-electron chi connectivity index (χ2n) is 5.02. The SMILES string of the molecule is COc1ccc(-n2c(C)c(C#N)c3cc(Br)c(O)c(Br)c32)cc1. The lowest BCUT2D eigenvalue weighted by Crippen LogP contribution is -1.97. The summed E-state index contributed by atoms with van der Waals surface area (Å²) in [5.41, 5.74) is 3.03. The zero-order valence-corrected chi connectivity index (χ0v) is 15.6. The van der Waals surface area contributed by atoms with E-state index < -0.39 is 0 Å². The monoisotopic (exact) mass is 434 g/mol. The number of halogens is 2. The first kappa shape index (κ1) is 15.9. The number of phenols is 1. The highest BCUT2D eigenvalue weighted by molar-refractivity contribution is 9.11. The van der Waals surface area contributed by atoms with Gasteiger partial charge in [-0.05, 0) is 69.1 Å². The van der Waals surface area contributed by atoms with Gasteiger partial charge in [0.1, 0.15) is 17.6 Å². The van der Waals surface area contributed by atoms with Crippen LogP contribution in [0.5, 0.6) is 11.5 Å². The van der Waals surface area contributed by atoms with E-state index in [2.05, 4.69) is 37.9 Å². The van der Waals surface area contributed by atoms with Gasteiger partial charge in [0.2, 0.25) is 0 Å². The molecule has 0 fully saturated rings. The lowest BCUT2D eigenvalue weighted by Gasteiger charge is -2.11. The van der Waals surface area contributed by atoms with Gasteiger partial charge in [0.25, 0.3) is 0 Å². The van der Waals surface area contributed by atoms with E-state index >= 15 is 0 Å². The maximum absolute atomic E-state index is 10.2. The van der Waals surface area contributed by atoms with Crippen LogP contribution in [0, 0.1) is 18.3 Å². The van der Waals surface area contributed by atoms with E-state index in [-0.39, 0.29) is 5.75 Å². The van der Waals surface area contributed by atoms with E-state index in [0.717, 1.165) is 28.0 Å². The first-order chi connectivity index (χ1) is 11.0. The summed E-state index contributed by atoms with van der Waals surface area (Å²) in [6.07, 6.45) is 0. The average Bonchev–Trinajstić information content (AvgIpc) is 2.84. The Bertz CT molecular complexity index is 954. The predicted octanol–water partition coefficient (Wildman–Crippen LogP) is 5.05. The lowest BCUT2D eigenvalue weighted by molar-refractivity contribution is 0.414. The van der Waals surface area contributed by atoms with Gasteiger partial charge in [-0.3, -0.25) is 0 Å². The van der Waals surface area contributed by atoms with E-state index in [0.29, 0.717) is 14.5 Å². The van der Waals surface area contributed by atoms with Gasteiger partial charge in [-0.25, -0.2) is 0 Å². The van der Waals surface area contributed by atoms with Crippen LogP contribution in [0.1, 0.15) is 11.3 Å². The molecule has 0 saturated heterocycles. The number of methoxy groups -OCH3 is 1. The quantitative estimate of drug-likeness (QED) is 0.612. The van der Waals surface area contributed by atoms with Crippen molar-refractivity contribution in [3.8, 4) is 23.3 Å². The number of hydrogen-bond donors (Lipinski definition) is 1. The van der Waals surface area contributed by atoms with E-state index in [1.54, 1.807) is 13.2 Å². The van der Waals surface area contributed by atoms with Crippen LogP contribution in [0.25, 0.3) is 16.6 Å². The standard InChI is InChI=1S/C17H12Br2N2O2/c1-9-13(8-20)12-7-14(18)17(22)15(19)16(12)21(9)10-3-5-11(23-2)6-4-10/h3-7,22H,1-2H3. The largest absolute Gasteiger partial charge is 0.505 e. The number of fused-ring (bicyclic) bond motifs is 1.